The molecule has 0 bridgehead atoms. The Morgan fingerprint density at radius 3 is 2.15 bits per heavy atom. The summed E-state index contributed by atoms with van der Waals surface area (Å²) >= 11 is 1.51. The predicted octanol–water partition coefficient (Wildman–Crippen LogP) is 6.19. The first kappa shape index (κ1) is 19.8. The molecule has 0 unspecified atom stereocenters. The molecule has 1 amide bonds. The number of benzene rings is 1. The average molecular weight is 384 g/mol. The molecule has 27 heavy (non-hydrogen) atoms. The fourth-order valence-corrected chi connectivity index (χ4v) is 4.76. The Balaban J connectivity index is 1.79. The smallest absolute Gasteiger partial charge is 0.230 e. The highest BCUT2D eigenvalue weighted by Gasteiger charge is 2.30. The van der Waals surface area contributed by atoms with Crippen molar-refractivity contribution in [1.82, 2.24) is 0 Å². The Bertz CT molecular complexity index is 798. The third-order valence-corrected chi connectivity index (χ3v) is 6.74. The first-order valence-electron chi connectivity index (χ1n) is 9.91. The van der Waals surface area contributed by atoms with Crippen LogP contribution < -0.4 is 4.90 Å². The highest BCUT2D eigenvalue weighted by molar-refractivity contribution is 7.17. The SMILES string of the molecule is CC(=O)c1ccc(-c2ccc(N(C(=O)C3CCC(C)CC3)C(C)C)cc2)s1. The van der Waals surface area contributed by atoms with Gasteiger partial charge in [0.25, 0.3) is 0 Å². The number of anilines is 1. The number of nitrogens with zero attached hydrogens (tertiary/aromatic N) is 1. The van der Waals surface area contributed by atoms with Crippen LogP contribution in [0.3, 0.4) is 0 Å². The van der Waals surface area contributed by atoms with Crippen LogP contribution in [0.15, 0.2) is 36.4 Å². The van der Waals surface area contributed by atoms with Crippen LogP contribution in [0.5, 0.6) is 0 Å². The number of ketones is 1. The molecule has 4 heteroatoms. The molecule has 144 valence electrons. The van der Waals surface area contributed by atoms with Gasteiger partial charge in [0.15, 0.2) is 5.78 Å². The molecule has 0 N–H and O–H groups in total. The summed E-state index contributed by atoms with van der Waals surface area (Å²) in [4.78, 5) is 28.5. The summed E-state index contributed by atoms with van der Waals surface area (Å²) in [6.07, 6.45) is 4.31. The lowest BCUT2D eigenvalue weighted by molar-refractivity contribution is -0.123. The number of hydrogen-bond acceptors (Lipinski definition) is 3. The third kappa shape index (κ3) is 4.49. The van der Waals surface area contributed by atoms with Crippen molar-refractivity contribution in [1.29, 1.82) is 0 Å². The molecule has 0 atom stereocenters. The van der Waals surface area contributed by atoms with E-state index in [9.17, 15) is 9.59 Å². The fourth-order valence-electron chi connectivity index (χ4n) is 3.85. The van der Waals surface area contributed by atoms with Gasteiger partial charge in [-0.2, -0.15) is 0 Å². The summed E-state index contributed by atoms with van der Waals surface area (Å²) in [5.41, 5.74) is 2.04. The molecule has 1 aliphatic carbocycles. The van der Waals surface area contributed by atoms with E-state index in [4.69, 9.17) is 0 Å². The van der Waals surface area contributed by atoms with Gasteiger partial charge in [-0.1, -0.05) is 19.1 Å². The van der Waals surface area contributed by atoms with E-state index in [2.05, 4.69) is 32.9 Å². The number of carbonyl (C=O) groups excluding carboxylic acids is 2. The summed E-state index contributed by atoms with van der Waals surface area (Å²) < 4.78 is 0. The zero-order chi connectivity index (χ0) is 19.6. The Kier molecular flexibility index (Phi) is 6.15. The molecule has 1 fully saturated rings. The second kappa shape index (κ2) is 8.39. The Labute approximate surface area is 166 Å². The second-order valence-electron chi connectivity index (χ2n) is 8.03. The van der Waals surface area contributed by atoms with Gasteiger partial charge in [-0.05, 0) is 82.2 Å². The van der Waals surface area contributed by atoms with Crippen molar-refractivity contribution in [2.24, 2.45) is 11.8 Å². The van der Waals surface area contributed by atoms with Crippen molar-refractivity contribution >= 4 is 28.7 Å². The summed E-state index contributed by atoms with van der Waals surface area (Å²) in [5.74, 6) is 1.26. The summed E-state index contributed by atoms with van der Waals surface area (Å²) in [6, 6.07) is 12.2. The maximum Gasteiger partial charge on any atom is 0.230 e. The molecule has 0 radical (unpaired) electrons. The van der Waals surface area contributed by atoms with Crippen LogP contribution in [0.25, 0.3) is 10.4 Å². The van der Waals surface area contributed by atoms with Crippen molar-refractivity contribution in [2.45, 2.75) is 59.4 Å². The average Bonchev–Trinajstić information content (AvgIpc) is 3.13. The number of thiophene rings is 1. The molecular formula is C23H29NO2S. The molecule has 0 aliphatic heterocycles. The highest BCUT2D eigenvalue weighted by Crippen LogP contribution is 2.33. The standard InChI is InChI=1S/C23H29NO2S/c1-15(2)24(23(26)19-7-5-16(3)6-8-19)20-11-9-18(10-12-20)22-14-13-21(27-22)17(4)25/h9-16,19H,5-8H2,1-4H3. The molecule has 1 aliphatic rings. The van der Waals surface area contributed by atoms with Crippen LogP contribution >= 0.6 is 11.3 Å². The molecule has 1 saturated carbocycles. The Morgan fingerprint density at radius 2 is 1.63 bits per heavy atom. The first-order valence-corrected chi connectivity index (χ1v) is 10.7. The van der Waals surface area contributed by atoms with Crippen LogP contribution in [0.2, 0.25) is 0 Å². The maximum absolute atomic E-state index is 13.2. The zero-order valence-electron chi connectivity index (χ0n) is 16.7. The van der Waals surface area contributed by atoms with Crippen molar-refractivity contribution in [3.8, 4) is 10.4 Å². The minimum Gasteiger partial charge on any atom is -0.310 e. The Morgan fingerprint density at radius 1 is 1.00 bits per heavy atom. The zero-order valence-corrected chi connectivity index (χ0v) is 17.5. The molecule has 1 aromatic carbocycles. The van der Waals surface area contributed by atoms with Crippen molar-refractivity contribution in [3.63, 3.8) is 0 Å². The minimum atomic E-state index is 0.0984. The Hall–Kier alpha value is -1.94. The van der Waals surface area contributed by atoms with Crippen molar-refractivity contribution in [3.05, 3.63) is 41.3 Å². The number of amides is 1. The van der Waals surface area contributed by atoms with E-state index in [1.165, 1.54) is 11.3 Å². The molecule has 3 nitrogen and oxygen atoms in total. The van der Waals surface area contributed by atoms with Crippen LogP contribution in [-0.4, -0.2) is 17.7 Å². The summed E-state index contributed by atoms with van der Waals surface area (Å²) in [6.45, 7) is 8.03. The van der Waals surface area contributed by atoms with Crippen LogP contribution in [0, 0.1) is 11.8 Å². The quantitative estimate of drug-likeness (QED) is 0.578. The summed E-state index contributed by atoms with van der Waals surface area (Å²) in [5, 5.41) is 0. The fraction of sp³-hybridized carbons (Fsp3) is 0.478. The first-order chi connectivity index (χ1) is 12.9. The predicted molar refractivity (Wildman–Crippen MR) is 114 cm³/mol. The van der Waals surface area contributed by atoms with Gasteiger partial charge in [0.2, 0.25) is 5.91 Å². The molecule has 3 rings (SSSR count). The van der Waals surface area contributed by atoms with Crippen LogP contribution in [-0.2, 0) is 4.79 Å². The lowest BCUT2D eigenvalue weighted by Gasteiger charge is -2.33. The van der Waals surface area contributed by atoms with Gasteiger partial charge >= 0.3 is 0 Å². The van der Waals surface area contributed by atoms with Gasteiger partial charge in [-0.25, -0.2) is 0 Å². The van der Waals surface area contributed by atoms with E-state index in [0.29, 0.717) is 0 Å². The monoisotopic (exact) mass is 383 g/mol. The third-order valence-electron chi connectivity index (χ3n) is 5.50. The number of Topliss-reactive ketones (excluding diaryl/α,β-unsaturated/α-hetero) is 1. The molecular weight excluding hydrogens is 354 g/mol. The minimum absolute atomic E-state index is 0.0984. The normalized spacial score (nSPS) is 19.9. The molecule has 1 heterocycles. The van der Waals surface area contributed by atoms with Gasteiger partial charge in [0.1, 0.15) is 0 Å². The van der Waals surface area contributed by atoms with E-state index < -0.39 is 0 Å². The number of hydrogen-bond donors (Lipinski definition) is 0. The van der Waals surface area contributed by atoms with Gasteiger partial charge in [0, 0.05) is 22.5 Å². The van der Waals surface area contributed by atoms with Crippen molar-refractivity contribution in [2.75, 3.05) is 4.90 Å². The van der Waals surface area contributed by atoms with E-state index in [0.717, 1.165) is 52.6 Å². The van der Waals surface area contributed by atoms with Gasteiger partial charge in [-0.15, -0.1) is 11.3 Å². The van der Waals surface area contributed by atoms with E-state index in [-0.39, 0.29) is 23.7 Å². The van der Waals surface area contributed by atoms with E-state index >= 15 is 0 Å². The van der Waals surface area contributed by atoms with Gasteiger partial charge in [0.05, 0.1) is 4.88 Å². The van der Waals surface area contributed by atoms with Gasteiger partial charge < -0.3 is 4.90 Å². The number of rotatable bonds is 5. The van der Waals surface area contributed by atoms with Crippen LogP contribution in [0.4, 0.5) is 5.69 Å². The largest absolute Gasteiger partial charge is 0.310 e. The van der Waals surface area contributed by atoms with Crippen molar-refractivity contribution < 1.29 is 9.59 Å². The van der Waals surface area contributed by atoms with E-state index in [1.54, 1.807) is 6.92 Å². The summed E-state index contributed by atoms with van der Waals surface area (Å²) in [7, 11) is 0. The second-order valence-corrected chi connectivity index (χ2v) is 9.11. The molecule has 1 aromatic heterocycles. The van der Waals surface area contributed by atoms with Crippen LogP contribution in [0.1, 0.15) is 63.0 Å². The van der Waals surface area contributed by atoms with E-state index in [1.807, 2.05) is 29.2 Å². The van der Waals surface area contributed by atoms with Gasteiger partial charge in [-0.3, -0.25) is 9.59 Å². The molecule has 0 spiro atoms. The highest BCUT2D eigenvalue weighted by atomic mass is 32.1. The molecule has 2 aromatic rings. The lowest BCUT2D eigenvalue weighted by atomic mass is 9.82. The maximum atomic E-state index is 13.2. The molecule has 0 saturated heterocycles. The topological polar surface area (TPSA) is 37.4 Å². The lowest BCUT2D eigenvalue weighted by Crippen LogP contribution is -2.42. The number of carbonyl (C=O) groups is 2.